The van der Waals surface area contributed by atoms with Crippen LogP contribution in [-0.4, -0.2) is 55.4 Å². The van der Waals surface area contributed by atoms with Gasteiger partial charge in [-0.3, -0.25) is 0 Å². The number of hydrogen-bond donors (Lipinski definition) is 5. The SMILES string of the molecule is O=C(O)[C@]1(O)CC(O)[C@@H](O)[C@H](O)C1. The molecule has 0 aromatic rings. The number of rotatable bonds is 1. The molecule has 0 aromatic heterocycles. The van der Waals surface area contributed by atoms with Crippen molar-refractivity contribution in [3.63, 3.8) is 0 Å². The smallest absolute Gasteiger partial charge is 0.335 e. The van der Waals surface area contributed by atoms with E-state index in [4.69, 9.17) is 20.4 Å². The summed E-state index contributed by atoms with van der Waals surface area (Å²) in [5, 5.41) is 45.2. The van der Waals surface area contributed by atoms with Gasteiger partial charge in [0.15, 0.2) is 5.60 Å². The number of carbonyl (C=O) groups is 1. The Balaban J connectivity index is 2.79. The Morgan fingerprint density at radius 3 is 1.85 bits per heavy atom. The molecule has 0 aliphatic heterocycles. The van der Waals surface area contributed by atoms with Gasteiger partial charge in [0.1, 0.15) is 6.10 Å². The summed E-state index contributed by atoms with van der Waals surface area (Å²) in [6, 6.07) is 0. The van der Waals surface area contributed by atoms with E-state index in [1.54, 1.807) is 0 Å². The third kappa shape index (κ3) is 1.80. The number of carboxylic acid groups (broad SMARTS) is 1. The van der Waals surface area contributed by atoms with Gasteiger partial charge in [0, 0.05) is 12.8 Å². The molecule has 5 N–H and O–H groups in total. The Hall–Kier alpha value is -0.690. The molecular formula is C7H12O6. The van der Waals surface area contributed by atoms with Crippen LogP contribution in [-0.2, 0) is 4.79 Å². The second kappa shape index (κ2) is 3.22. The Kier molecular flexibility index (Phi) is 2.58. The van der Waals surface area contributed by atoms with E-state index in [-0.39, 0.29) is 0 Å². The quantitative estimate of drug-likeness (QED) is 0.318. The third-order valence-corrected chi connectivity index (χ3v) is 2.28. The van der Waals surface area contributed by atoms with Crippen LogP contribution < -0.4 is 0 Å². The van der Waals surface area contributed by atoms with E-state index >= 15 is 0 Å². The summed E-state index contributed by atoms with van der Waals surface area (Å²) in [5.74, 6) is -1.50. The number of aliphatic carboxylic acids is 1. The first kappa shape index (κ1) is 10.4. The molecule has 6 heteroatoms. The van der Waals surface area contributed by atoms with Gasteiger partial charge in [-0.1, -0.05) is 0 Å². The molecule has 0 bridgehead atoms. The lowest BCUT2D eigenvalue weighted by molar-refractivity contribution is -0.187. The summed E-state index contributed by atoms with van der Waals surface area (Å²) in [5.41, 5.74) is -2.14. The van der Waals surface area contributed by atoms with Crippen molar-refractivity contribution >= 4 is 5.97 Å². The van der Waals surface area contributed by atoms with Crippen LogP contribution in [0, 0.1) is 0 Å². The Morgan fingerprint density at radius 1 is 1.15 bits per heavy atom. The maximum Gasteiger partial charge on any atom is 0.335 e. The van der Waals surface area contributed by atoms with E-state index in [1.807, 2.05) is 0 Å². The molecule has 4 atom stereocenters. The first-order chi connectivity index (χ1) is 5.87. The monoisotopic (exact) mass is 192 g/mol. The van der Waals surface area contributed by atoms with Gasteiger partial charge in [-0.15, -0.1) is 0 Å². The van der Waals surface area contributed by atoms with Crippen LogP contribution in [0.1, 0.15) is 12.8 Å². The van der Waals surface area contributed by atoms with Crippen LogP contribution in [0.3, 0.4) is 0 Å². The van der Waals surface area contributed by atoms with Crippen LogP contribution in [0.5, 0.6) is 0 Å². The van der Waals surface area contributed by atoms with Crippen LogP contribution in [0.4, 0.5) is 0 Å². The standard InChI is InChI=1S/C7H12O6/c8-3-1-7(13,6(11)12)2-4(9)5(3)10/h3-5,8-10,13H,1-2H2,(H,11,12)/t3-,4?,5+,7-/m1/s1. The number of carboxylic acids is 1. The Morgan fingerprint density at radius 2 is 1.54 bits per heavy atom. The molecule has 0 amide bonds. The largest absolute Gasteiger partial charge is 0.479 e. The topological polar surface area (TPSA) is 118 Å². The van der Waals surface area contributed by atoms with Crippen molar-refractivity contribution in [3.8, 4) is 0 Å². The summed E-state index contributed by atoms with van der Waals surface area (Å²) in [6.07, 6.45) is -5.16. The zero-order chi connectivity index (χ0) is 10.2. The van der Waals surface area contributed by atoms with Crippen molar-refractivity contribution in [2.24, 2.45) is 0 Å². The lowest BCUT2D eigenvalue weighted by Crippen LogP contribution is -2.56. The first-order valence-corrected chi connectivity index (χ1v) is 3.87. The fourth-order valence-electron chi connectivity index (χ4n) is 1.45. The summed E-state index contributed by atoms with van der Waals surface area (Å²) in [7, 11) is 0. The van der Waals surface area contributed by atoms with E-state index in [1.165, 1.54) is 0 Å². The molecule has 1 unspecified atom stereocenters. The predicted molar refractivity (Wildman–Crippen MR) is 39.8 cm³/mol. The molecule has 0 radical (unpaired) electrons. The van der Waals surface area contributed by atoms with Crippen LogP contribution in [0.2, 0.25) is 0 Å². The van der Waals surface area contributed by atoms with Crippen LogP contribution in [0.15, 0.2) is 0 Å². The second-order valence-corrected chi connectivity index (χ2v) is 3.37. The molecule has 1 fully saturated rings. The van der Waals surface area contributed by atoms with Crippen molar-refractivity contribution in [2.75, 3.05) is 0 Å². The Labute approximate surface area is 74.1 Å². The highest BCUT2D eigenvalue weighted by Crippen LogP contribution is 2.29. The molecule has 1 saturated carbocycles. The summed E-state index contributed by atoms with van der Waals surface area (Å²) in [4.78, 5) is 10.5. The maximum atomic E-state index is 10.5. The zero-order valence-corrected chi connectivity index (χ0v) is 6.79. The van der Waals surface area contributed by atoms with Gasteiger partial charge in [0.05, 0.1) is 12.2 Å². The van der Waals surface area contributed by atoms with Gasteiger partial charge in [-0.25, -0.2) is 4.79 Å². The van der Waals surface area contributed by atoms with Crippen molar-refractivity contribution in [2.45, 2.75) is 36.8 Å². The van der Waals surface area contributed by atoms with Crippen molar-refractivity contribution in [1.82, 2.24) is 0 Å². The van der Waals surface area contributed by atoms with Crippen molar-refractivity contribution in [3.05, 3.63) is 0 Å². The number of hydrogen-bond acceptors (Lipinski definition) is 5. The molecule has 0 spiro atoms. The molecule has 1 aliphatic rings. The molecule has 1 aliphatic carbocycles. The fraction of sp³-hybridized carbons (Fsp3) is 0.857. The van der Waals surface area contributed by atoms with Gasteiger partial charge >= 0.3 is 5.97 Å². The molecule has 6 nitrogen and oxygen atoms in total. The highest BCUT2D eigenvalue weighted by atomic mass is 16.4. The molecule has 0 saturated heterocycles. The maximum absolute atomic E-state index is 10.5. The summed E-state index contributed by atoms with van der Waals surface area (Å²) in [6.45, 7) is 0. The minimum atomic E-state index is -2.14. The van der Waals surface area contributed by atoms with E-state index in [0.29, 0.717) is 0 Å². The average Bonchev–Trinajstić information content (AvgIpc) is 2.00. The molecule has 13 heavy (non-hydrogen) atoms. The fourth-order valence-corrected chi connectivity index (χ4v) is 1.45. The van der Waals surface area contributed by atoms with Crippen LogP contribution >= 0.6 is 0 Å². The van der Waals surface area contributed by atoms with Gasteiger partial charge < -0.3 is 25.5 Å². The first-order valence-electron chi connectivity index (χ1n) is 3.87. The molecule has 0 heterocycles. The van der Waals surface area contributed by atoms with E-state index < -0.39 is 42.7 Å². The number of aliphatic hydroxyl groups excluding tert-OH is 3. The highest BCUT2D eigenvalue weighted by molar-refractivity contribution is 5.77. The van der Waals surface area contributed by atoms with Gasteiger partial charge in [0.2, 0.25) is 0 Å². The highest BCUT2D eigenvalue weighted by Gasteiger charge is 2.48. The zero-order valence-electron chi connectivity index (χ0n) is 6.79. The van der Waals surface area contributed by atoms with E-state index in [2.05, 4.69) is 0 Å². The third-order valence-electron chi connectivity index (χ3n) is 2.28. The minimum Gasteiger partial charge on any atom is -0.479 e. The molecule has 0 aromatic carbocycles. The van der Waals surface area contributed by atoms with Gasteiger partial charge in [0.25, 0.3) is 0 Å². The summed E-state index contributed by atoms with van der Waals surface area (Å²) < 4.78 is 0. The van der Waals surface area contributed by atoms with E-state index in [0.717, 1.165) is 0 Å². The average molecular weight is 192 g/mol. The summed E-state index contributed by atoms with van der Waals surface area (Å²) >= 11 is 0. The molecule has 1 rings (SSSR count). The van der Waals surface area contributed by atoms with Crippen LogP contribution in [0.25, 0.3) is 0 Å². The Bertz CT molecular complexity index is 203. The van der Waals surface area contributed by atoms with Crippen molar-refractivity contribution in [1.29, 1.82) is 0 Å². The number of aliphatic hydroxyl groups is 4. The van der Waals surface area contributed by atoms with Gasteiger partial charge in [-0.05, 0) is 0 Å². The molecule has 76 valence electrons. The molecular weight excluding hydrogens is 180 g/mol. The van der Waals surface area contributed by atoms with Crippen molar-refractivity contribution < 1.29 is 30.3 Å². The lowest BCUT2D eigenvalue weighted by Gasteiger charge is -2.37. The van der Waals surface area contributed by atoms with E-state index in [9.17, 15) is 9.90 Å². The minimum absolute atomic E-state index is 0.472. The second-order valence-electron chi connectivity index (χ2n) is 3.37. The normalized spacial score (nSPS) is 46.0. The lowest BCUT2D eigenvalue weighted by atomic mass is 9.80. The predicted octanol–water partition coefficient (Wildman–Crippen LogP) is -2.32. The van der Waals surface area contributed by atoms with Gasteiger partial charge in [-0.2, -0.15) is 0 Å².